The quantitative estimate of drug-likeness (QED) is 0.316. The molecule has 8 heteroatoms. The third-order valence-corrected chi connectivity index (χ3v) is 6.11. The second-order valence-corrected chi connectivity index (χ2v) is 8.25. The maximum Gasteiger partial charge on any atom is 0.328 e. The predicted octanol–water partition coefficient (Wildman–Crippen LogP) is 3.97. The summed E-state index contributed by atoms with van der Waals surface area (Å²) in [4.78, 5) is 40.3. The molecule has 2 N–H and O–H groups in total. The van der Waals surface area contributed by atoms with Crippen molar-refractivity contribution in [1.29, 1.82) is 5.41 Å². The number of rotatable bonds is 7. The number of nitrogens with one attached hydrogen (secondary N) is 1. The predicted molar refractivity (Wildman–Crippen MR) is 126 cm³/mol. The molecule has 1 aliphatic heterocycles. The number of urea groups is 1. The van der Waals surface area contributed by atoms with Gasteiger partial charge in [-0.1, -0.05) is 48.5 Å². The highest BCUT2D eigenvalue weighted by Gasteiger charge is 2.55. The van der Waals surface area contributed by atoms with E-state index >= 15 is 0 Å². The van der Waals surface area contributed by atoms with E-state index in [1.807, 2.05) is 42.5 Å². The summed E-state index contributed by atoms with van der Waals surface area (Å²) in [5.74, 6) is -1.86. The molecule has 0 spiro atoms. The molecule has 3 amide bonds. The van der Waals surface area contributed by atoms with Crippen molar-refractivity contribution < 1.29 is 24.2 Å². The van der Waals surface area contributed by atoms with Gasteiger partial charge in [-0.25, -0.2) is 4.79 Å². The summed E-state index contributed by atoms with van der Waals surface area (Å²) < 4.78 is 5.23. The number of aliphatic carboxylic acids is 1. The van der Waals surface area contributed by atoms with Gasteiger partial charge in [-0.15, -0.1) is 0 Å². The van der Waals surface area contributed by atoms with Crippen LogP contribution in [0.3, 0.4) is 0 Å². The smallest absolute Gasteiger partial charge is 0.328 e. The second-order valence-electron chi connectivity index (χ2n) is 8.25. The maximum atomic E-state index is 13.4. The highest BCUT2D eigenvalue weighted by Crippen LogP contribution is 2.38. The Morgan fingerprint density at radius 1 is 1.03 bits per heavy atom. The fraction of sp³-hybridized carbons (Fsp3) is 0.231. The van der Waals surface area contributed by atoms with E-state index in [4.69, 9.17) is 10.1 Å². The first kappa shape index (κ1) is 23.0. The van der Waals surface area contributed by atoms with Crippen LogP contribution in [0, 0.1) is 5.41 Å². The highest BCUT2D eigenvalue weighted by atomic mass is 16.5. The molecule has 3 aromatic carbocycles. The Kier molecular flexibility index (Phi) is 6.06. The summed E-state index contributed by atoms with van der Waals surface area (Å²) in [7, 11) is 0. The van der Waals surface area contributed by atoms with Gasteiger partial charge in [0.25, 0.3) is 5.91 Å². The molecule has 34 heavy (non-hydrogen) atoms. The summed E-state index contributed by atoms with van der Waals surface area (Å²) in [6, 6.07) is 19.6. The lowest BCUT2D eigenvalue weighted by Gasteiger charge is -2.32. The number of ether oxygens (including phenoxy) is 1. The zero-order chi connectivity index (χ0) is 24.5. The number of fused-ring (bicyclic) bond motifs is 1. The number of hydrogen-bond acceptors (Lipinski definition) is 5. The standard InChI is InChI=1S/C26H25N3O5/c1-3-34-23(27)19-10-12-21(13-11-19)26(2)24(32)28(16-22(30)31)25(33)29(26)15-17-8-9-18-6-4-5-7-20(18)14-17/h4-14,27H,3,15-16H2,1-2H3,(H,30,31). The number of imide groups is 1. The van der Waals surface area contributed by atoms with Gasteiger partial charge in [0.05, 0.1) is 6.61 Å². The Bertz CT molecular complexity index is 1290. The average molecular weight is 460 g/mol. The Morgan fingerprint density at radius 2 is 1.71 bits per heavy atom. The van der Waals surface area contributed by atoms with Crippen LogP contribution in [0.4, 0.5) is 4.79 Å². The van der Waals surface area contributed by atoms with Crippen LogP contribution in [0.2, 0.25) is 0 Å². The number of amides is 3. The SMILES string of the molecule is CCOC(=N)c1ccc(C2(C)C(=O)N(CC(=O)O)C(=O)N2Cc2ccc3ccccc3c2)cc1. The van der Waals surface area contributed by atoms with Gasteiger partial charge in [0.15, 0.2) is 0 Å². The van der Waals surface area contributed by atoms with Crippen molar-refractivity contribution in [3.05, 3.63) is 83.4 Å². The van der Waals surface area contributed by atoms with E-state index in [0.29, 0.717) is 17.7 Å². The lowest BCUT2D eigenvalue weighted by Crippen LogP contribution is -2.44. The van der Waals surface area contributed by atoms with E-state index < -0.39 is 30.0 Å². The minimum atomic E-state index is -1.41. The molecule has 8 nitrogen and oxygen atoms in total. The summed E-state index contributed by atoms with van der Waals surface area (Å²) in [6.45, 7) is 3.18. The van der Waals surface area contributed by atoms with E-state index in [0.717, 1.165) is 21.2 Å². The minimum Gasteiger partial charge on any atom is -0.480 e. The zero-order valence-electron chi connectivity index (χ0n) is 18.9. The first-order valence-electron chi connectivity index (χ1n) is 10.9. The van der Waals surface area contributed by atoms with E-state index in [2.05, 4.69) is 0 Å². The van der Waals surface area contributed by atoms with E-state index in [-0.39, 0.29) is 12.4 Å². The average Bonchev–Trinajstić information content (AvgIpc) is 3.00. The normalized spacial score (nSPS) is 17.9. The van der Waals surface area contributed by atoms with Crippen molar-refractivity contribution in [1.82, 2.24) is 9.80 Å². The molecule has 0 aromatic heterocycles. The monoisotopic (exact) mass is 459 g/mol. The third-order valence-electron chi connectivity index (χ3n) is 6.11. The number of carbonyl (C=O) groups is 3. The summed E-state index contributed by atoms with van der Waals surface area (Å²) in [6.07, 6.45) is 0. The van der Waals surface area contributed by atoms with Crippen molar-refractivity contribution in [3.63, 3.8) is 0 Å². The molecule has 1 aliphatic rings. The molecule has 0 bridgehead atoms. The van der Waals surface area contributed by atoms with Crippen molar-refractivity contribution >= 4 is 34.6 Å². The van der Waals surface area contributed by atoms with Crippen LogP contribution >= 0.6 is 0 Å². The van der Waals surface area contributed by atoms with Crippen molar-refractivity contribution in [3.8, 4) is 0 Å². The number of benzene rings is 3. The van der Waals surface area contributed by atoms with Gasteiger partial charge < -0.3 is 14.7 Å². The van der Waals surface area contributed by atoms with Crippen LogP contribution in [0.5, 0.6) is 0 Å². The zero-order valence-corrected chi connectivity index (χ0v) is 18.9. The van der Waals surface area contributed by atoms with E-state index in [1.165, 1.54) is 4.90 Å². The maximum absolute atomic E-state index is 13.4. The molecular formula is C26H25N3O5. The van der Waals surface area contributed by atoms with Gasteiger partial charge in [0.1, 0.15) is 12.1 Å². The minimum absolute atomic E-state index is 0.00792. The summed E-state index contributed by atoms with van der Waals surface area (Å²) >= 11 is 0. The van der Waals surface area contributed by atoms with Gasteiger partial charge in [-0.05, 0) is 53.9 Å². The number of nitrogens with zero attached hydrogens (tertiary/aromatic N) is 2. The number of carboxylic acids is 1. The first-order valence-corrected chi connectivity index (χ1v) is 10.9. The van der Waals surface area contributed by atoms with Gasteiger partial charge in [0, 0.05) is 12.1 Å². The number of carbonyl (C=O) groups excluding carboxylic acids is 2. The largest absolute Gasteiger partial charge is 0.480 e. The van der Waals surface area contributed by atoms with Crippen LogP contribution in [-0.4, -0.2) is 51.9 Å². The highest BCUT2D eigenvalue weighted by molar-refractivity contribution is 6.08. The molecule has 0 saturated carbocycles. The number of carboxylic acid groups (broad SMARTS) is 1. The third kappa shape index (κ3) is 3.98. The molecular weight excluding hydrogens is 434 g/mol. The van der Waals surface area contributed by atoms with E-state index in [9.17, 15) is 19.5 Å². The molecule has 3 aromatic rings. The Balaban J connectivity index is 1.74. The Morgan fingerprint density at radius 3 is 2.35 bits per heavy atom. The summed E-state index contributed by atoms with van der Waals surface area (Å²) in [5, 5.41) is 19.3. The molecule has 0 aliphatic carbocycles. The van der Waals surface area contributed by atoms with Gasteiger partial charge in [-0.2, -0.15) is 0 Å². The topological polar surface area (TPSA) is 111 Å². The van der Waals surface area contributed by atoms with Crippen molar-refractivity contribution in [2.24, 2.45) is 0 Å². The Labute approximate surface area is 196 Å². The lowest BCUT2D eigenvalue weighted by atomic mass is 9.89. The molecule has 1 fully saturated rings. The first-order chi connectivity index (χ1) is 16.3. The summed E-state index contributed by atoms with van der Waals surface area (Å²) in [5.41, 5.74) is 0.463. The molecule has 1 saturated heterocycles. The fourth-order valence-electron chi connectivity index (χ4n) is 4.28. The van der Waals surface area contributed by atoms with Crippen LogP contribution < -0.4 is 0 Å². The molecule has 1 atom stereocenters. The van der Waals surface area contributed by atoms with Crippen LogP contribution in [0.25, 0.3) is 10.8 Å². The van der Waals surface area contributed by atoms with E-state index in [1.54, 1.807) is 38.1 Å². The fourth-order valence-corrected chi connectivity index (χ4v) is 4.28. The van der Waals surface area contributed by atoms with Gasteiger partial charge >= 0.3 is 12.0 Å². The molecule has 4 rings (SSSR count). The van der Waals surface area contributed by atoms with Crippen LogP contribution in [0.15, 0.2) is 66.7 Å². The Hall–Kier alpha value is -4.20. The number of hydrogen-bond donors (Lipinski definition) is 2. The van der Waals surface area contributed by atoms with Gasteiger partial charge in [0.2, 0.25) is 5.90 Å². The van der Waals surface area contributed by atoms with Crippen LogP contribution in [0.1, 0.15) is 30.5 Å². The van der Waals surface area contributed by atoms with Crippen molar-refractivity contribution in [2.45, 2.75) is 25.9 Å². The molecule has 1 unspecified atom stereocenters. The molecule has 0 radical (unpaired) electrons. The molecule has 174 valence electrons. The van der Waals surface area contributed by atoms with Crippen molar-refractivity contribution in [2.75, 3.05) is 13.2 Å². The lowest BCUT2D eigenvalue weighted by molar-refractivity contribution is -0.143. The van der Waals surface area contributed by atoms with Gasteiger partial charge in [-0.3, -0.25) is 19.9 Å². The second kappa shape index (κ2) is 8.97. The molecule has 1 heterocycles. The van der Waals surface area contributed by atoms with Crippen LogP contribution in [-0.2, 0) is 26.4 Å².